The maximum Gasteiger partial charge on any atom is 0.232 e. The number of methoxy groups -OCH3 is 2. The van der Waals surface area contributed by atoms with Crippen LogP contribution in [0, 0.1) is 0 Å². The predicted molar refractivity (Wildman–Crippen MR) is 92.3 cm³/mol. The third kappa shape index (κ3) is 5.34. The molecule has 1 rings (SSSR count). The number of ether oxygens (including phenoxy) is 2. The van der Waals surface area contributed by atoms with Gasteiger partial charge in [-0.3, -0.25) is 9.59 Å². The highest BCUT2D eigenvalue weighted by Crippen LogP contribution is 2.26. The molecule has 5 heteroatoms. The van der Waals surface area contributed by atoms with E-state index in [9.17, 15) is 9.59 Å². The Morgan fingerprint density at radius 1 is 0.875 bits per heavy atom. The standard InChI is InChI=1S/C19H28O5/c1-14-15(12-10-8-6-4-5-7-9-11-13-20)17(22)19(24-3)18(23-2)16(14)21/h10,12,20H,4-9,11,13H2,1-3H3. The number of carbonyl (C=O) groups is 2. The number of aliphatic hydroxyl groups is 1. The smallest absolute Gasteiger partial charge is 0.232 e. The molecule has 134 valence electrons. The van der Waals surface area contributed by atoms with Crippen LogP contribution in [0.15, 0.2) is 34.8 Å². The van der Waals surface area contributed by atoms with Gasteiger partial charge in [0.15, 0.2) is 0 Å². The van der Waals surface area contributed by atoms with Gasteiger partial charge in [0.1, 0.15) is 0 Å². The van der Waals surface area contributed by atoms with Gasteiger partial charge < -0.3 is 14.6 Å². The van der Waals surface area contributed by atoms with Gasteiger partial charge in [0, 0.05) is 17.8 Å². The summed E-state index contributed by atoms with van der Waals surface area (Å²) in [5.41, 5.74) is 0.762. The first kappa shape index (κ1) is 20.2. The average Bonchev–Trinajstić information content (AvgIpc) is 2.58. The Labute approximate surface area is 144 Å². The molecule has 0 amide bonds. The van der Waals surface area contributed by atoms with Gasteiger partial charge in [0.05, 0.1) is 14.2 Å². The fourth-order valence-electron chi connectivity index (χ4n) is 2.65. The van der Waals surface area contributed by atoms with E-state index >= 15 is 0 Å². The molecule has 0 spiro atoms. The van der Waals surface area contributed by atoms with Crippen LogP contribution in [0.3, 0.4) is 0 Å². The van der Waals surface area contributed by atoms with E-state index < -0.39 is 0 Å². The van der Waals surface area contributed by atoms with Crippen molar-refractivity contribution in [2.75, 3.05) is 20.8 Å². The van der Waals surface area contributed by atoms with Crippen LogP contribution in [0.1, 0.15) is 51.9 Å². The molecule has 1 aliphatic carbocycles. The number of Topliss-reactive ketones (excluding diaryl/α,β-unsaturated/α-hetero) is 2. The van der Waals surface area contributed by atoms with Crippen LogP contribution in [-0.4, -0.2) is 37.5 Å². The molecule has 0 aliphatic heterocycles. The fraction of sp³-hybridized carbons (Fsp3) is 0.579. The second kappa shape index (κ2) is 10.8. The maximum atomic E-state index is 12.4. The molecule has 0 heterocycles. The number of allylic oxidation sites excluding steroid dienone is 4. The quantitative estimate of drug-likeness (QED) is 0.463. The first-order valence-corrected chi connectivity index (χ1v) is 8.48. The normalized spacial score (nSPS) is 15.7. The van der Waals surface area contributed by atoms with Crippen molar-refractivity contribution < 1.29 is 24.2 Å². The number of rotatable bonds is 11. The van der Waals surface area contributed by atoms with E-state index in [0.717, 1.165) is 44.9 Å². The zero-order chi connectivity index (χ0) is 17.9. The van der Waals surface area contributed by atoms with Crippen molar-refractivity contribution in [3.05, 3.63) is 34.8 Å². The third-order valence-electron chi connectivity index (χ3n) is 4.08. The lowest BCUT2D eigenvalue weighted by Crippen LogP contribution is -2.24. The van der Waals surface area contributed by atoms with E-state index in [2.05, 4.69) is 0 Å². The van der Waals surface area contributed by atoms with Gasteiger partial charge in [-0.05, 0) is 26.2 Å². The van der Waals surface area contributed by atoms with Gasteiger partial charge in [-0.2, -0.15) is 0 Å². The summed E-state index contributed by atoms with van der Waals surface area (Å²) in [4.78, 5) is 24.6. The molecule has 0 aromatic rings. The molecule has 0 aromatic carbocycles. The second-order valence-electron chi connectivity index (χ2n) is 5.80. The predicted octanol–water partition coefficient (Wildman–Crippen LogP) is 3.24. The summed E-state index contributed by atoms with van der Waals surface area (Å²) in [7, 11) is 2.71. The minimum absolute atomic E-state index is 0.0278. The van der Waals surface area contributed by atoms with E-state index in [0.29, 0.717) is 11.1 Å². The fourth-order valence-corrected chi connectivity index (χ4v) is 2.65. The van der Waals surface area contributed by atoms with E-state index in [1.165, 1.54) is 14.2 Å². The van der Waals surface area contributed by atoms with Crippen molar-refractivity contribution in [1.82, 2.24) is 0 Å². The summed E-state index contributed by atoms with van der Waals surface area (Å²) in [6, 6.07) is 0. The molecule has 0 saturated carbocycles. The minimum Gasteiger partial charge on any atom is -0.489 e. The Morgan fingerprint density at radius 2 is 1.42 bits per heavy atom. The third-order valence-corrected chi connectivity index (χ3v) is 4.08. The lowest BCUT2D eigenvalue weighted by molar-refractivity contribution is -0.120. The van der Waals surface area contributed by atoms with Gasteiger partial charge >= 0.3 is 0 Å². The molecule has 0 fully saturated rings. The highest BCUT2D eigenvalue weighted by molar-refractivity contribution is 6.24. The number of hydrogen-bond donors (Lipinski definition) is 1. The van der Waals surface area contributed by atoms with E-state index in [1.807, 2.05) is 6.08 Å². The van der Waals surface area contributed by atoms with Crippen molar-refractivity contribution >= 4 is 11.6 Å². The van der Waals surface area contributed by atoms with Gasteiger partial charge in [-0.15, -0.1) is 0 Å². The van der Waals surface area contributed by atoms with Gasteiger partial charge in [-0.1, -0.05) is 37.8 Å². The van der Waals surface area contributed by atoms with Crippen LogP contribution in [-0.2, 0) is 19.1 Å². The largest absolute Gasteiger partial charge is 0.489 e. The van der Waals surface area contributed by atoms with E-state index in [1.54, 1.807) is 13.0 Å². The van der Waals surface area contributed by atoms with Crippen LogP contribution in [0.25, 0.3) is 0 Å². The first-order valence-electron chi connectivity index (χ1n) is 8.48. The van der Waals surface area contributed by atoms with Crippen molar-refractivity contribution in [2.24, 2.45) is 0 Å². The summed E-state index contributed by atoms with van der Waals surface area (Å²) in [5.74, 6) is -0.680. The molecule has 0 saturated heterocycles. The molecule has 0 unspecified atom stereocenters. The van der Waals surface area contributed by atoms with Crippen LogP contribution in [0.5, 0.6) is 0 Å². The molecule has 0 bridgehead atoms. The highest BCUT2D eigenvalue weighted by Gasteiger charge is 2.33. The molecule has 0 aromatic heterocycles. The Bertz CT molecular complexity index is 540. The summed E-state index contributed by atoms with van der Waals surface area (Å²) < 4.78 is 10.1. The van der Waals surface area contributed by atoms with Crippen LogP contribution in [0.2, 0.25) is 0 Å². The lowest BCUT2D eigenvalue weighted by atomic mass is 9.92. The SMILES string of the molecule is COC1=C(OC)C(=O)C(C=CCCCCCCCCO)=C(C)C1=O. The first-order chi connectivity index (χ1) is 11.6. The average molecular weight is 336 g/mol. The Balaban J connectivity index is 2.53. The zero-order valence-corrected chi connectivity index (χ0v) is 14.9. The van der Waals surface area contributed by atoms with Crippen LogP contribution in [0.4, 0.5) is 0 Å². The molecule has 0 atom stereocenters. The Kier molecular flexibility index (Phi) is 9.08. The summed E-state index contributed by atoms with van der Waals surface area (Å²) in [6.45, 7) is 1.90. The molecule has 5 nitrogen and oxygen atoms in total. The molecular formula is C19H28O5. The monoisotopic (exact) mass is 336 g/mol. The van der Waals surface area contributed by atoms with Crippen LogP contribution >= 0.6 is 0 Å². The van der Waals surface area contributed by atoms with Gasteiger partial charge in [0.2, 0.25) is 23.1 Å². The second-order valence-corrected chi connectivity index (χ2v) is 5.80. The summed E-state index contributed by atoms with van der Waals surface area (Å²) >= 11 is 0. The molecule has 24 heavy (non-hydrogen) atoms. The highest BCUT2D eigenvalue weighted by atomic mass is 16.5. The van der Waals surface area contributed by atoms with E-state index in [-0.39, 0.29) is 29.7 Å². The van der Waals surface area contributed by atoms with Gasteiger partial charge in [0.25, 0.3) is 0 Å². The van der Waals surface area contributed by atoms with E-state index in [4.69, 9.17) is 14.6 Å². The van der Waals surface area contributed by atoms with Crippen LogP contribution < -0.4 is 0 Å². The van der Waals surface area contributed by atoms with Crippen molar-refractivity contribution in [3.63, 3.8) is 0 Å². The Morgan fingerprint density at radius 3 is 2.00 bits per heavy atom. The number of unbranched alkanes of at least 4 members (excludes halogenated alkanes) is 6. The zero-order valence-electron chi connectivity index (χ0n) is 14.9. The summed E-state index contributed by atoms with van der Waals surface area (Å²) in [5, 5.41) is 8.71. The number of hydrogen-bond acceptors (Lipinski definition) is 5. The summed E-state index contributed by atoms with van der Waals surface area (Å²) in [6.07, 6.45) is 10.9. The molecular weight excluding hydrogens is 308 g/mol. The minimum atomic E-state index is -0.313. The van der Waals surface area contributed by atoms with Crippen molar-refractivity contribution in [2.45, 2.75) is 51.9 Å². The van der Waals surface area contributed by atoms with Crippen molar-refractivity contribution in [3.8, 4) is 0 Å². The maximum absolute atomic E-state index is 12.4. The lowest BCUT2D eigenvalue weighted by Gasteiger charge is -2.18. The number of aliphatic hydroxyl groups excluding tert-OH is 1. The topological polar surface area (TPSA) is 72.8 Å². The van der Waals surface area contributed by atoms with Gasteiger partial charge in [-0.25, -0.2) is 0 Å². The molecule has 1 aliphatic rings. The Hall–Kier alpha value is -1.88. The van der Waals surface area contributed by atoms with Crippen molar-refractivity contribution in [1.29, 1.82) is 0 Å². The molecule has 0 radical (unpaired) electrons. The number of carbonyl (C=O) groups excluding carboxylic acids is 2. The molecule has 1 N–H and O–H groups in total. The number of ketones is 2.